The van der Waals surface area contributed by atoms with Crippen LogP contribution in [0, 0.1) is 6.92 Å². The third kappa shape index (κ3) is 3.62. The molecule has 0 fully saturated rings. The van der Waals surface area contributed by atoms with Crippen molar-refractivity contribution < 1.29 is 14.7 Å². The van der Waals surface area contributed by atoms with Crippen molar-refractivity contribution in [3.8, 4) is 0 Å². The van der Waals surface area contributed by atoms with Gasteiger partial charge in [-0.3, -0.25) is 4.79 Å². The van der Waals surface area contributed by atoms with Gasteiger partial charge >= 0.3 is 5.97 Å². The largest absolute Gasteiger partial charge is 0.478 e. The van der Waals surface area contributed by atoms with Crippen molar-refractivity contribution in [3.05, 3.63) is 62.6 Å². The first-order valence-electron chi connectivity index (χ1n) is 5.99. The summed E-state index contributed by atoms with van der Waals surface area (Å²) in [5.74, 6) is -1.54. The van der Waals surface area contributed by atoms with Crippen LogP contribution in [-0.2, 0) is 0 Å². The Bertz CT molecular complexity index is 731. The summed E-state index contributed by atoms with van der Waals surface area (Å²) < 4.78 is 0.810. The molecule has 0 bridgehead atoms. The maximum Gasteiger partial charge on any atom is 0.337 e. The Kier molecular flexibility index (Phi) is 4.65. The predicted molar refractivity (Wildman–Crippen MR) is 85.2 cm³/mol. The summed E-state index contributed by atoms with van der Waals surface area (Å²) in [6.45, 7) is 1.91. The number of carbonyl (C=O) groups excluding carboxylic acids is 1. The van der Waals surface area contributed by atoms with Gasteiger partial charge in [-0.2, -0.15) is 0 Å². The second kappa shape index (κ2) is 6.28. The lowest BCUT2D eigenvalue weighted by atomic mass is 10.1. The minimum Gasteiger partial charge on any atom is -0.478 e. The van der Waals surface area contributed by atoms with E-state index in [9.17, 15) is 9.59 Å². The molecule has 0 heterocycles. The zero-order valence-electron chi connectivity index (χ0n) is 11.0. The molecule has 2 N–H and O–H groups in total. The average molecular weight is 369 g/mol. The van der Waals surface area contributed by atoms with Crippen LogP contribution in [0.4, 0.5) is 5.69 Å². The van der Waals surface area contributed by atoms with E-state index in [2.05, 4.69) is 21.2 Å². The topological polar surface area (TPSA) is 66.4 Å². The molecule has 0 atom stereocenters. The van der Waals surface area contributed by atoms with Gasteiger partial charge in [0.2, 0.25) is 0 Å². The van der Waals surface area contributed by atoms with Crippen LogP contribution in [0.2, 0.25) is 5.02 Å². The highest BCUT2D eigenvalue weighted by Crippen LogP contribution is 2.23. The van der Waals surface area contributed by atoms with E-state index in [0.29, 0.717) is 10.6 Å². The van der Waals surface area contributed by atoms with E-state index < -0.39 is 5.97 Å². The van der Waals surface area contributed by atoms with Crippen LogP contribution in [0.3, 0.4) is 0 Å². The summed E-state index contributed by atoms with van der Waals surface area (Å²) in [7, 11) is 0. The number of nitrogens with one attached hydrogen (secondary N) is 1. The van der Waals surface area contributed by atoms with Crippen LogP contribution in [0.25, 0.3) is 0 Å². The van der Waals surface area contributed by atoms with Crippen LogP contribution in [0.1, 0.15) is 26.3 Å². The van der Waals surface area contributed by atoms with Gasteiger partial charge in [0, 0.05) is 15.1 Å². The predicted octanol–water partition coefficient (Wildman–Crippen LogP) is 4.36. The Morgan fingerprint density at radius 3 is 2.52 bits per heavy atom. The minimum atomic E-state index is -1.15. The molecule has 0 spiro atoms. The summed E-state index contributed by atoms with van der Waals surface area (Å²) in [6, 6.07) is 9.44. The molecule has 2 aromatic rings. The fourth-order valence-corrected chi connectivity index (χ4v) is 2.28. The van der Waals surface area contributed by atoms with Crippen LogP contribution in [0.5, 0.6) is 0 Å². The smallest absolute Gasteiger partial charge is 0.337 e. The minimum absolute atomic E-state index is 0.0537. The van der Waals surface area contributed by atoms with Gasteiger partial charge in [-0.1, -0.05) is 33.6 Å². The normalized spacial score (nSPS) is 10.2. The number of hydrogen-bond acceptors (Lipinski definition) is 2. The zero-order valence-corrected chi connectivity index (χ0v) is 13.3. The lowest BCUT2D eigenvalue weighted by molar-refractivity contribution is 0.0698. The molecule has 0 radical (unpaired) electrons. The number of halogens is 2. The van der Waals surface area contributed by atoms with Crippen LogP contribution >= 0.6 is 27.5 Å². The number of anilines is 1. The van der Waals surface area contributed by atoms with E-state index in [1.54, 1.807) is 18.2 Å². The van der Waals surface area contributed by atoms with Gasteiger partial charge in [-0.15, -0.1) is 0 Å². The molecule has 0 aliphatic carbocycles. The number of carbonyl (C=O) groups is 2. The molecular weight excluding hydrogens is 358 g/mol. The van der Waals surface area contributed by atoms with Crippen molar-refractivity contribution in [2.24, 2.45) is 0 Å². The molecule has 4 nitrogen and oxygen atoms in total. The molecule has 2 rings (SSSR count). The molecule has 0 aliphatic rings. The van der Waals surface area contributed by atoms with Gasteiger partial charge in [0.15, 0.2) is 0 Å². The van der Waals surface area contributed by atoms with E-state index in [1.165, 1.54) is 18.2 Å². The van der Waals surface area contributed by atoms with Gasteiger partial charge in [0.05, 0.1) is 11.3 Å². The number of rotatable bonds is 3. The third-order valence-electron chi connectivity index (χ3n) is 2.89. The van der Waals surface area contributed by atoms with Crippen LogP contribution < -0.4 is 5.32 Å². The number of aromatic carboxylic acids is 1. The summed E-state index contributed by atoms with van der Waals surface area (Å²) in [4.78, 5) is 23.4. The Balaban J connectivity index is 2.31. The van der Waals surface area contributed by atoms with Crippen molar-refractivity contribution in [3.63, 3.8) is 0 Å². The molecule has 2 aromatic carbocycles. The molecular formula is C15H11BrClNO3. The van der Waals surface area contributed by atoms with Gasteiger partial charge in [-0.25, -0.2) is 4.79 Å². The molecule has 0 saturated carbocycles. The lowest BCUT2D eigenvalue weighted by Gasteiger charge is -2.09. The van der Waals surface area contributed by atoms with E-state index in [1.807, 2.05) is 6.92 Å². The fourth-order valence-electron chi connectivity index (χ4n) is 1.73. The first-order valence-corrected chi connectivity index (χ1v) is 7.16. The van der Waals surface area contributed by atoms with E-state index in [-0.39, 0.29) is 17.2 Å². The number of aryl methyl sites for hydroxylation is 1. The summed E-state index contributed by atoms with van der Waals surface area (Å²) in [5, 5.41) is 12.0. The van der Waals surface area contributed by atoms with Crippen molar-refractivity contribution >= 4 is 45.1 Å². The molecule has 0 saturated heterocycles. The highest BCUT2D eigenvalue weighted by atomic mass is 79.9. The van der Waals surface area contributed by atoms with E-state index >= 15 is 0 Å². The number of carboxylic acid groups (broad SMARTS) is 1. The summed E-state index contributed by atoms with van der Waals surface area (Å²) in [6.07, 6.45) is 0. The average Bonchev–Trinajstić information content (AvgIpc) is 2.43. The monoisotopic (exact) mass is 367 g/mol. The second-order valence-electron chi connectivity index (χ2n) is 4.41. The number of carboxylic acids is 1. The number of hydrogen-bond donors (Lipinski definition) is 2. The van der Waals surface area contributed by atoms with Gasteiger partial charge in [0.25, 0.3) is 5.91 Å². The highest BCUT2D eigenvalue weighted by Gasteiger charge is 2.14. The summed E-state index contributed by atoms with van der Waals surface area (Å²) >= 11 is 9.13. The number of amides is 1. The molecule has 1 amide bonds. The highest BCUT2D eigenvalue weighted by molar-refractivity contribution is 9.10. The molecule has 6 heteroatoms. The first-order chi connectivity index (χ1) is 9.88. The Labute approximate surface area is 134 Å². The Hall–Kier alpha value is -1.85. The Morgan fingerprint density at radius 2 is 1.90 bits per heavy atom. The van der Waals surface area contributed by atoms with Gasteiger partial charge in [0.1, 0.15) is 0 Å². The first kappa shape index (κ1) is 15.5. The fraction of sp³-hybridized carbons (Fsp3) is 0.0667. The maximum absolute atomic E-state index is 12.2. The van der Waals surface area contributed by atoms with Gasteiger partial charge in [-0.05, 0) is 42.8 Å². The zero-order chi connectivity index (χ0) is 15.6. The molecule has 0 aliphatic heterocycles. The Morgan fingerprint density at radius 1 is 1.19 bits per heavy atom. The van der Waals surface area contributed by atoms with Crippen molar-refractivity contribution in [2.45, 2.75) is 6.92 Å². The standard InChI is InChI=1S/C15H11BrClNO3/c1-8-2-3-9(6-12(8)16)14(19)18-13-5-4-10(17)7-11(13)15(20)21/h2-7H,1H3,(H,18,19)(H,20,21). The van der Waals surface area contributed by atoms with Crippen molar-refractivity contribution in [1.82, 2.24) is 0 Å². The SMILES string of the molecule is Cc1ccc(C(=O)Nc2ccc(Cl)cc2C(=O)O)cc1Br. The van der Waals surface area contributed by atoms with E-state index in [4.69, 9.17) is 16.7 Å². The second-order valence-corrected chi connectivity index (χ2v) is 5.70. The lowest BCUT2D eigenvalue weighted by Crippen LogP contribution is -2.15. The summed E-state index contributed by atoms with van der Waals surface area (Å²) in [5.41, 5.74) is 1.58. The van der Waals surface area contributed by atoms with Crippen molar-refractivity contribution in [1.29, 1.82) is 0 Å². The quantitative estimate of drug-likeness (QED) is 0.846. The maximum atomic E-state index is 12.2. The molecule has 108 valence electrons. The molecule has 0 aromatic heterocycles. The molecule has 21 heavy (non-hydrogen) atoms. The van der Waals surface area contributed by atoms with Crippen molar-refractivity contribution in [2.75, 3.05) is 5.32 Å². The number of benzene rings is 2. The van der Waals surface area contributed by atoms with Gasteiger partial charge < -0.3 is 10.4 Å². The van der Waals surface area contributed by atoms with E-state index in [0.717, 1.165) is 10.0 Å². The van der Waals surface area contributed by atoms with Crippen LogP contribution in [-0.4, -0.2) is 17.0 Å². The van der Waals surface area contributed by atoms with Crippen LogP contribution in [0.15, 0.2) is 40.9 Å². The molecule has 0 unspecified atom stereocenters. The third-order valence-corrected chi connectivity index (χ3v) is 3.98.